The minimum Gasteiger partial charge on any atom is -0.480 e. The molecule has 19 heavy (non-hydrogen) atoms. The Morgan fingerprint density at radius 2 is 2.11 bits per heavy atom. The molecule has 7 nitrogen and oxygen atoms in total. The summed E-state index contributed by atoms with van der Waals surface area (Å²) < 4.78 is 1.09. The highest BCUT2D eigenvalue weighted by atomic mass is 16.4. The van der Waals surface area contributed by atoms with Gasteiger partial charge in [-0.05, 0) is 13.8 Å². The van der Waals surface area contributed by atoms with Crippen molar-refractivity contribution in [1.82, 2.24) is 19.5 Å². The van der Waals surface area contributed by atoms with E-state index < -0.39 is 12.5 Å². The Balaban J connectivity index is 2.72. The molecule has 0 unspecified atom stereocenters. The number of carboxylic acid groups (broad SMARTS) is 1. The summed E-state index contributed by atoms with van der Waals surface area (Å²) in [7, 11) is 0. The lowest BCUT2D eigenvalue weighted by molar-refractivity contribution is -0.137. The number of hydrogen-bond acceptors (Lipinski definition) is 5. The van der Waals surface area contributed by atoms with Gasteiger partial charge in [-0.15, -0.1) is 0 Å². The molecule has 2 rings (SSSR count). The summed E-state index contributed by atoms with van der Waals surface area (Å²) >= 11 is 0. The van der Waals surface area contributed by atoms with Crippen LogP contribution in [0.5, 0.6) is 0 Å². The van der Waals surface area contributed by atoms with Gasteiger partial charge in [0, 0.05) is 23.7 Å². The molecule has 0 aromatic carbocycles. The highest BCUT2D eigenvalue weighted by Crippen LogP contribution is 2.13. The van der Waals surface area contributed by atoms with Crippen LogP contribution in [0.4, 0.5) is 0 Å². The molecule has 0 saturated carbocycles. The maximum atomic E-state index is 12.1. The van der Waals surface area contributed by atoms with Crippen molar-refractivity contribution in [2.75, 3.05) is 0 Å². The molecule has 98 valence electrons. The van der Waals surface area contributed by atoms with E-state index in [0.717, 1.165) is 4.57 Å². The molecule has 0 aliphatic heterocycles. The summed E-state index contributed by atoms with van der Waals surface area (Å²) in [6.45, 7) is 2.85. The zero-order valence-corrected chi connectivity index (χ0v) is 10.5. The molecule has 2 aromatic rings. The van der Waals surface area contributed by atoms with E-state index in [0.29, 0.717) is 17.0 Å². The lowest BCUT2D eigenvalue weighted by Gasteiger charge is -2.11. The van der Waals surface area contributed by atoms with Crippen LogP contribution in [0.2, 0.25) is 0 Å². The minimum absolute atomic E-state index is 0.212. The summed E-state index contributed by atoms with van der Waals surface area (Å²) in [4.78, 5) is 35.2. The van der Waals surface area contributed by atoms with Crippen molar-refractivity contribution in [1.29, 1.82) is 0 Å². The van der Waals surface area contributed by atoms with Crippen LogP contribution < -0.4 is 5.56 Å². The maximum absolute atomic E-state index is 12.1. The van der Waals surface area contributed by atoms with Gasteiger partial charge in [0.2, 0.25) is 0 Å². The summed E-state index contributed by atoms with van der Waals surface area (Å²) in [5.41, 5.74) is 0.959. The topological polar surface area (TPSA) is 98.0 Å². The second-order valence-corrected chi connectivity index (χ2v) is 4.02. The van der Waals surface area contributed by atoms with Crippen molar-refractivity contribution in [3.63, 3.8) is 0 Å². The predicted molar refractivity (Wildman–Crippen MR) is 66.6 cm³/mol. The van der Waals surface area contributed by atoms with E-state index in [9.17, 15) is 9.59 Å². The SMILES string of the molecule is Cc1nc(-c2cnccn2)n(CC(=O)O)c(=O)c1C. The number of carboxylic acids is 1. The Kier molecular flexibility index (Phi) is 3.37. The largest absolute Gasteiger partial charge is 0.480 e. The van der Waals surface area contributed by atoms with E-state index in [4.69, 9.17) is 5.11 Å². The minimum atomic E-state index is -1.11. The molecule has 0 aliphatic carbocycles. The number of aryl methyl sites for hydroxylation is 1. The van der Waals surface area contributed by atoms with Crippen molar-refractivity contribution >= 4 is 5.97 Å². The fourth-order valence-electron chi connectivity index (χ4n) is 1.65. The molecular weight excluding hydrogens is 248 g/mol. The van der Waals surface area contributed by atoms with Gasteiger partial charge in [0.05, 0.1) is 6.20 Å². The van der Waals surface area contributed by atoms with Crippen LogP contribution >= 0.6 is 0 Å². The third kappa shape index (κ3) is 2.49. The lowest BCUT2D eigenvalue weighted by atomic mass is 10.2. The first-order valence-electron chi connectivity index (χ1n) is 5.57. The van der Waals surface area contributed by atoms with Crippen LogP contribution in [0, 0.1) is 13.8 Å². The van der Waals surface area contributed by atoms with Crippen LogP contribution in [0.25, 0.3) is 11.5 Å². The van der Waals surface area contributed by atoms with Crippen molar-refractivity contribution < 1.29 is 9.90 Å². The quantitative estimate of drug-likeness (QED) is 0.857. The normalized spacial score (nSPS) is 10.4. The van der Waals surface area contributed by atoms with Crippen LogP contribution in [0.3, 0.4) is 0 Å². The number of aromatic nitrogens is 4. The van der Waals surface area contributed by atoms with Crippen LogP contribution in [0.15, 0.2) is 23.4 Å². The molecule has 1 N–H and O–H groups in total. The lowest BCUT2D eigenvalue weighted by Crippen LogP contribution is -2.29. The van der Waals surface area contributed by atoms with Crippen molar-refractivity contribution in [2.24, 2.45) is 0 Å². The van der Waals surface area contributed by atoms with Crippen molar-refractivity contribution in [2.45, 2.75) is 20.4 Å². The van der Waals surface area contributed by atoms with Crippen molar-refractivity contribution in [3.05, 3.63) is 40.2 Å². The van der Waals surface area contributed by atoms with Gasteiger partial charge in [-0.3, -0.25) is 19.1 Å². The Morgan fingerprint density at radius 3 is 2.68 bits per heavy atom. The third-order valence-corrected chi connectivity index (χ3v) is 2.72. The second kappa shape index (κ2) is 4.97. The zero-order valence-electron chi connectivity index (χ0n) is 10.5. The fraction of sp³-hybridized carbons (Fsp3) is 0.250. The molecule has 0 radical (unpaired) electrons. The van der Waals surface area contributed by atoms with Crippen LogP contribution in [0.1, 0.15) is 11.3 Å². The molecule has 7 heteroatoms. The fourth-order valence-corrected chi connectivity index (χ4v) is 1.65. The van der Waals surface area contributed by atoms with Gasteiger partial charge in [0.1, 0.15) is 12.2 Å². The first-order chi connectivity index (χ1) is 9.00. The molecule has 0 fully saturated rings. The summed E-state index contributed by atoms with van der Waals surface area (Å²) in [6.07, 6.45) is 4.39. The van der Waals surface area contributed by atoms with Crippen LogP contribution in [-0.2, 0) is 11.3 Å². The first kappa shape index (κ1) is 12.9. The molecule has 0 amide bonds. The monoisotopic (exact) mass is 260 g/mol. The molecule has 2 heterocycles. The summed E-state index contributed by atoms with van der Waals surface area (Å²) in [6, 6.07) is 0. The number of rotatable bonds is 3. The molecule has 0 bridgehead atoms. The van der Waals surface area contributed by atoms with Crippen LogP contribution in [-0.4, -0.2) is 30.6 Å². The van der Waals surface area contributed by atoms with E-state index in [1.165, 1.54) is 18.6 Å². The first-order valence-corrected chi connectivity index (χ1v) is 5.57. The van der Waals surface area contributed by atoms with Gasteiger partial charge >= 0.3 is 5.97 Å². The Bertz CT molecular complexity index is 679. The number of carbonyl (C=O) groups is 1. The molecular formula is C12H12N4O3. The smallest absolute Gasteiger partial charge is 0.323 e. The molecule has 0 aliphatic rings. The second-order valence-electron chi connectivity index (χ2n) is 4.02. The number of aliphatic carboxylic acids is 1. The Hall–Kier alpha value is -2.57. The predicted octanol–water partition coefficient (Wildman–Crippen LogP) is 0.402. The van der Waals surface area contributed by atoms with Gasteiger partial charge < -0.3 is 5.11 Å². The van der Waals surface area contributed by atoms with Gasteiger partial charge in [0.15, 0.2) is 5.82 Å². The number of nitrogens with zero attached hydrogens (tertiary/aromatic N) is 4. The van der Waals surface area contributed by atoms with Gasteiger partial charge in [-0.25, -0.2) is 9.97 Å². The van der Waals surface area contributed by atoms with E-state index in [2.05, 4.69) is 15.0 Å². The van der Waals surface area contributed by atoms with E-state index in [1.54, 1.807) is 13.8 Å². The number of hydrogen-bond donors (Lipinski definition) is 1. The molecule has 0 spiro atoms. The van der Waals surface area contributed by atoms with E-state index in [-0.39, 0.29) is 11.4 Å². The average molecular weight is 260 g/mol. The highest BCUT2D eigenvalue weighted by molar-refractivity contribution is 5.67. The van der Waals surface area contributed by atoms with Gasteiger partial charge in [0.25, 0.3) is 5.56 Å². The molecule has 2 aromatic heterocycles. The standard InChI is InChI=1S/C12H12N4O3/c1-7-8(2)15-11(9-5-13-3-4-14-9)16(12(7)19)6-10(17)18/h3-5H,6H2,1-2H3,(H,17,18). The third-order valence-electron chi connectivity index (χ3n) is 2.72. The average Bonchev–Trinajstić information content (AvgIpc) is 2.40. The van der Waals surface area contributed by atoms with Crippen molar-refractivity contribution in [3.8, 4) is 11.5 Å². The Morgan fingerprint density at radius 1 is 1.37 bits per heavy atom. The summed E-state index contributed by atoms with van der Waals surface area (Å²) in [5, 5.41) is 8.90. The zero-order chi connectivity index (χ0) is 14.0. The van der Waals surface area contributed by atoms with E-state index in [1.807, 2.05) is 0 Å². The maximum Gasteiger partial charge on any atom is 0.323 e. The highest BCUT2D eigenvalue weighted by Gasteiger charge is 2.16. The molecule has 0 atom stereocenters. The Labute approximate surface area is 108 Å². The summed E-state index contributed by atoms with van der Waals surface area (Å²) in [5.74, 6) is -0.902. The molecule has 0 saturated heterocycles. The van der Waals surface area contributed by atoms with Gasteiger partial charge in [-0.1, -0.05) is 0 Å². The van der Waals surface area contributed by atoms with Gasteiger partial charge in [-0.2, -0.15) is 0 Å². The van der Waals surface area contributed by atoms with E-state index >= 15 is 0 Å².